The van der Waals surface area contributed by atoms with Crippen molar-refractivity contribution in [3.8, 4) is 0 Å². The smallest absolute Gasteiger partial charge is 0.00413 e. The highest BCUT2D eigenvalue weighted by molar-refractivity contribution is 9.09. The first-order valence-corrected chi connectivity index (χ1v) is 7.74. The van der Waals surface area contributed by atoms with Gasteiger partial charge >= 0.3 is 0 Å². The first-order valence-electron chi connectivity index (χ1n) is 6.62. The average Bonchev–Trinajstić information content (AvgIpc) is 2.26. The summed E-state index contributed by atoms with van der Waals surface area (Å²) in [5, 5.41) is 4.79. The molecule has 1 unspecified atom stereocenters. The Kier molecular flexibility index (Phi) is 7.72. The number of hydrogen-bond donors (Lipinski definition) is 1. The molecule has 1 atom stereocenters. The van der Waals surface area contributed by atoms with E-state index >= 15 is 0 Å². The first kappa shape index (κ1) is 13.5. The third-order valence-electron chi connectivity index (χ3n) is 3.46. The largest absolute Gasteiger partial charge is 0.314 e. The number of unbranched alkanes of at least 4 members (excludes halogenated alkanes) is 1. The molecule has 2 heteroatoms. The third-order valence-corrected chi connectivity index (χ3v) is 4.03. The number of rotatable bonds is 7. The number of alkyl halides is 1. The minimum atomic E-state index is 0.725. The van der Waals surface area contributed by atoms with Crippen molar-refractivity contribution in [2.24, 2.45) is 5.92 Å². The van der Waals surface area contributed by atoms with Crippen LogP contribution in [-0.4, -0.2) is 17.9 Å². The summed E-state index contributed by atoms with van der Waals surface area (Å²) in [6, 6.07) is 0.725. The van der Waals surface area contributed by atoms with E-state index in [1.54, 1.807) is 0 Å². The van der Waals surface area contributed by atoms with Crippen molar-refractivity contribution in [2.75, 3.05) is 11.9 Å². The topological polar surface area (TPSA) is 12.0 Å². The van der Waals surface area contributed by atoms with Gasteiger partial charge in [0.05, 0.1) is 0 Å². The number of halogens is 1. The van der Waals surface area contributed by atoms with E-state index in [1.807, 2.05) is 0 Å². The highest BCUT2D eigenvalue weighted by atomic mass is 79.9. The fourth-order valence-electron chi connectivity index (χ4n) is 2.57. The van der Waals surface area contributed by atoms with E-state index in [0.29, 0.717) is 0 Å². The highest BCUT2D eigenvalue weighted by Crippen LogP contribution is 2.27. The van der Waals surface area contributed by atoms with Crippen LogP contribution >= 0.6 is 15.9 Å². The van der Waals surface area contributed by atoms with Gasteiger partial charge in [-0.25, -0.2) is 0 Å². The lowest BCUT2D eigenvalue weighted by molar-refractivity contribution is 0.305. The molecule has 0 saturated heterocycles. The molecule has 0 aliphatic heterocycles. The molecule has 1 saturated carbocycles. The monoisotopic (exact) mass is 275 g/mol. The Morgan fingerprint density at radius 3 is 2.60 bits per heavy atom. The van der Waals surface area contributed by atoms with Crippen LogP contribution in [0.4, 0.5) is 0 Å². The van der Waals surface area contributed by atoms with Gasteiger partial charge in [-0.1, -0.05) is 48.0 Å². The van der Waals surface area contributed by atoms with E-state index in [9.17, 15) is 0 Å². The van der Waals surface area contributed by atoms with Gasteiger partial charge in [0.15, 0.2) is 0 Å². The van der Waals surface area contributed by atoms with Crippen molar-refractivity contribution in [2.45, 2.75) is 64.3 Å². The molecule has 1 rings (SSSR count). The zero-order valence-corrected chi connectivity index (χ0v) is 11.7. The van der Waals surface area contributed by atoms with E-state index < -0.39 is 0 Å². The van der Waals surface area contributed by atoms with Crippen molar-refractivity contribution >= 4 is 15.9 Å². The van der Waals surface area contributed by atoms with Gasteiger partial charge in [0.1, 0.15) is 0 Å². The van der Waals surface area contributed by atoms with Crippen LogP contribution in [0.25, 0.3) is 0 Å². The molecule has 0 aromatic carbocycles. The molecule has 0 heterocycles. The molecule has 0 bridgehead atoms. The van der Waals surface area contributed by atoms with Crippen LogP contribution in [0, 0.1) is 5.92 Å². The van der Waals surface area contributed by atoms with Crippen molar-refractivity contribution in [3.63, 3.8) is 0 Å². The molecule has 0 aromatic heterocycles. The zero-order valence-electron chi connectivity index (χ0n) is 10.1. The molecule has 1 fully saturated rings. The minimum absolute atomic E-state index is 0.725. The van der Waals surface area contributed by atoms with E-state index in [4.69, 9.17) is 0 Å². The van der Waals surface area contributed by atoms with Gasteiger partial charge in [0.25, 0.3) is 0 Å². The molecule has 1 N–H and O–H groups in total. The Balaban J connectivity index is 1.98. The van der Waals surface area contributed by atoms with Gasteiger partial charge in [-0.3, -0.25) is 0 Å². The second kappa shape index (κ2) is 8.58. The van der Waals surface area contributed by atoms with Crippen LogP contribution < -0.4 is 5.32 Å². The predicted octanol–water partition coefficient (Wildman–Crippen LogP) is 4.11. The summed E-state index contributed by atoms with van der Waals surface area (Å²) < 4.78 is 0. The highest BCUT2D eigenvalue weighted by Gasteiger charge is 2.15. The normalized spacial score (nSPS) is 20.4. The maximum atomic E-state index is 3.64. The average molecular weight is 276 g/mol. The summed E-state index contributed by atoms with van der Waals surface area (Å²) in [6.07, 6.45) is 11.4. The lowest BCUT2D eigenvalue weighted by Crippen LogP contribution is -2.29. The SMILES string of the molecule is CC(CC1CCCCC1)NCCCCBr. The fourth-order valence-corrected chi connectivity index (χ4v) is 2.97. The number of hydrogen-bond acceptors (Lipinski definition) is 1. The van der Waals surface area contributed by atoms with Crippen molar-refractivity contribution in [3.05, 3.63) is 0 Å². The minimum Gasteiger partial charge on any atom is -0.314 e. The Hall–Kier alpha value is 0.440. The maximum absolute atomic E-state index is 3.64. The van der Waals surface area contributed by atoms with Gasteiger partial charge in [-0.05, 0) is 38.6 Å². The van der Waals surface area contributed by atoms with Gasteiger partial charge < -0.3 is 5.32 Å². The molecule has 1 aliphatic rings. The molecule has 15 heavy (non-hydrogen) atoms. The molecule has 0 amide bonds. The summed E-state index contributed by atoms with van der Waals surface area (Å²) in [4.78, 5) is 0. The third kappa shape index (κ3) is 6.57. The summed E-state index contributed by atoms with van der Waals surface area (Å²) >= 11 is 3.47. The van der Waals surface area contributed by atoms with E-state index in [-0.39, 0.29) is 0 Å². The summed E-state index contributed by atoms with van der Waals surface area (Å²) in [5.41, 5.74) is 0. The quantitative estimate of drug-likeness (QED) is 0.545. The van der Waals surface area contributed by atoms with Gasteiger partial charge in [0.2, 0.25) is 0 Å². The van der Waals surface area contributed by atoms with Gasteiger partial charge in [-0.15, -0.1) is 0 Å². The van der Waals surface area contributed by atoms with Crippen LogP contribution in [0.5, 0.6) is 0 Å². The van der Waals surface area contributed by atoms with Gasteiger partial charge in [0, 0.05) is 11.4 Å². The lowest BCUT2D eigenvalue weighted by Gasteiger charge is -2.25. The van der Waals surface area contributed by atoms with Crippen molar-refractivity contribution < 1.29 is 0 Å². The number of nitrogens with one attached hydrogen (secondary N) is 1. The standard InChI is InChI=1S/C13H26BrN/c1-12(15-10-6-5-9-14)11-13-7-3-2-4-8-13/h12-13,15H,2-11H2,1H3. The molecule has 90 valence electrons. The van der Waals surface area contributed by atoms with Crippen LogP contribution in [0.3, 0.4) is 0 Å². The van der Waals surface area contributed by atoms with E-state index in [1.165, 1.54) is 57.9 Å². The first-order chi connectivity index (χ1) is 7.33. The lowest BCUT2D eigenvalue weighted by atomic mass is 9.85. The van der Waals surface area contributed by atoms with Crippen LogP contribution in [0.2, 0.25) is 0 Å². The van der Waals surface area contributed by atoms with Crippen LogP contribution in [0.1, 0.15) is 58.3 Å². The predicted molar refractivity (Wildman–Crippen MR) is 71.7 cm³/mol. The zero-order chi connectivity index (χ0) is 10.9. The maximum Gasteiger partial charge on any atom is 0.00413 e. The second-order valence-corrected chi connectivity index (χ2v) is 5.78. The summed E-state index contributed by atoms with van der Waals surface area (Å²) in [5.74, 6) is 1.01. The van der Waals surface area contributed by atoms with Gasteiger partial charge in [-0.2, -0.15) is 0 Å². The molecular formula is C13H26BrN. The van der Waals surface area contributed by atoms with Crippen molar-refractivity contribution in [1.29, 1.82) is 0 Å². The molecule has 0 aromatic rings. The van der Waals surface area contributed by atoms with Crippen LogP contribution in [-0.2, 0) is 0 Å². The Labute approximate surface area is 104 Å². The van der Waals surface area contributed by atoms with E-state index in [2.05, 4.69) is 28.2 Å². The molecule has 1 nitrogen and oxygen atoms in total. The second-order valence-electron chi connectivity index (χ2n) is 4.99. The molecular weight excluding hydrogens is 250 g/mol. The summed E-state index contributed by atoms with van der Waals surface area (Å²) in [7, 11) is 0. The Morgan fingerprint density at radius 1 is 1.20 bits per heavy atom. The fraction of sp³-hybridized carbons (Fsp3) is 1.00. The summed E-state index contributed by atoms with van der Waals surface area (Å²) in [6.45, 7) is 3.54. The van der Waals surface area contributed by atoms with E-state index in [0.717, 1.165) is 17.3 Å². The Morgan fingerprint density at radius 2 is 1.93 bits per heavy atom. The van der Waals surface area contributed by atoms with Crippen molar-refractivity contribution in [1.82, 2.24) is 5.32 Å². The molecule has 0 spiro atoms. The molecule has 0 radical (unpaired) electrons. The van der Waals surface area contributed by atoms with Crippen LogP contribution in [0.15, 0.2) is 0 Å². The Bertz CT molecular complexity index is 143. The molecule has 1 aliphatic carbocycles.